The van der Waals surface area contributed by atoms with Crippen LogP contribution in [0, 0.1) is 10.1 Å². The molecule has 1 heterocycles. The fraction of sp³-hybridized carbons (Fsp3) is 0.200. The first-order valence-electron chi connectivity index (χ1n) is 5.56. The molecule has 2 rings (SSSR count). The summed E-state index contributed by atoms with van der Waals surface area (Å²) in [6.07, 6.45) is 0. The monoisotopic (exact) mass is 328 g/mol. The second kappa shape index (κ2) is 6.50. The fourth-order valence-corrected chi connectivity index (χ4v) is 2.24. The number of nitrogens with zero attached hydrogens (tertiary/aromatic N) is 5. The largest absolute Gasteiger partial charge is 0.320 e. The van der Waals surface area contributed by atoms with Gasteiger partial charge in [0.2, 0.25) is 11.1 Å². The fourth-order valence-electron chi connectivity index (χ4n) is 1.42. The van der Waals surface area contributed by atoms with Gasteiger partial charge in [-0.2, -0.15) is 0 Å². The zero-order valence-corrected chi connectivity index (χ0v) is 12.3. The van der Waals surface area contributed by atoms with Gasteiger partial charge >= 0.3 is 0 Å². The van der Waals surface area contributed by atoms with Crippen molar-refractivity contribution in [3.05, 3.63) is 33.3 Å². The number of benzene rings is 1. The Morgan fingerprint density at radius 3 is 2.95 bits per heavy atom. The smallest absolute Gasteiger partial charge is 0.294 e. The average Bonchev–Trinajstić information content (AvgIpc) is 2.84. The van der Waals surface area contributed by atoms with Crippen molar-refractivity contribution in [3.63, 3.8) is 0 Å². The maximum absolute atomic E-state index is 11.8. The van der Waals surface area contributed by atoms with E-state index < -0.39 is 10.8 Å². The minimum atomic E-state index is -0.610. The summed E-state index contributed by atoms with van der Waals surface area (Å²) < 4.78 is 1.42. The van der Waals surface area contributed by atoms with Crippen molar-refractivity contribution < 1.29 is 9.72 Å². The van der Waals surface area contributed by atoms with E-state index in [0.717, 1.165) is 11.8 Å². The Kier molecular flexibility index (Phi) is 4.70. The lowest BCUT2D eigenvalue weighted by molar-refractivity contribution is -0.383. The number of amides is 1. The Morgan fingerprint density at radius 1 is 1.57 bits per heavy atom. The third-order valence-corrected chi connectivity index (χ3v) is 3.59. The van der Waals surface area contributed by atoms with Crippen LogP contribution in [0.2, 0.25) is 5.02 Å². The molecule has 0 aliphatic heterocycles. The summed E-state index contributed by atoms with van der Waals surface area (Å²) in [5.41, 5.74) is -0.174. The molecule has 0 unspecified atom stereocenters. The minimum Gasteiger partial charge on any atom is -0.320 e. The van der Waals surface area contributed by atoms with Crippen LogP contribution in [0.25, 0.3) is 0 Å². The van der Waals surface area contributed by atoms with Crippen LogP contribution in [-0.2, 0) is 11.8 Å². The van der Waals surface area contributed by atoms with E-state index in [9.17, 15) is 14.9 Å². The zero-order chi connectivity index (χ0) is 15.4. The maximum atomic E-state index is 11.8. The van der Waals surface area contributed by atoms with Crippen LogP contribution in [-0.4, -0.2) is 36.8 Å². The molecule has 0 saturated carbocycles. The van der Waals surface area contributed by atoms with Crippen molar-refractivity contribution in [2.75, 3.05) is 11.1 Å². The number of carbonyl (C=O) groups excluding carboxylic acids is 1. The lowest BCUT2D eigenvalue weighted by Gasteiger charge is -2.05. The molecule has 0 atom stereocenters. The lowest BCUT2D eigenvalue weighted by Crippen LogP contribution is -2.15. The number of carbonyl (C=O) groups is 1. The van der Waals surface area contributed by atoms with Gasteiger partial charge in [0.25, 0.3) is 5.69 Å². The third kappa shape index (κ3) is 3.89. The molecule has 9 nitrogen and oxygen atoms in total. The molecule has 1 aromatic carbocycles. The van der Waals surface area contributed by atoms with Crippen molar-refractivity contribution in [1.82, 2.24) is 20.2 Å². The van der Waals surface area contributed by atoms with Gasteiger partial charge < -0.3 is 5.32 Å². The van der Waals surface area contributed by atoms with Crippen LogP contribution in [0.3, 0.4) is 0 Å². The van der Waals surface area contributed by atoms with Gasteiger partial charge in [0, 0.05) is 18.1 Å². The highest BCUT2D eigenvalue weighted by Gasteiger charge is 2.17. The molecule has 0 saturated heterocycles. The number of tetrazole rings is 1. The summed E-state index contributed by atoms with van der Waals surface area (Å²) in [7, 11) is 1.64. The molecule has 0 radical (unpaired) electrons. The zero-order valence-electron chi connectivity index (χ0n) is 10.7. The number of aryl methyl sites for hydroxylation is 1. The highest BCUT2D eigenvalue weighted by atomic mass is 35.5. The summed E-state index contributed by atoms with van der Waals surface area (Å²) in [6.45, 7) is 0. The molecule has 2 aromatic rings. The summed E-state index contributed by atoms with van der Waals surface area (Å²) in [6, 6.07) is 4.02. The predicted molar refractivity (Wildman–Crippen MR) is 76.3 cm³/mol. The van der Waals surface area contributed by atoms with Gasteiger partial charge in [-0.05, 0) is 22.6 Å². The molecule has 0 fully saturated rings. The number of nitrogens with one attached hydrogen (secondary N) is 1. The first-order chi connectivity index (χ1) is 9.97. The number of thioether (sulfide) groups is 1. The Bertz CT molecular complexity index is 691. The minimum absolute atomic E-state index is 0.0218. The normalized spacial score (nSPS) is 10.4. The molecule has 0 spiro atoms. The first kappa shape index (κ1) is 15.2. The highest BCUT2D eigenvalue weighted by Crippen LogP contribution is 2.28. The van der Waals surface area contributed by atoms with Crippen molar-refractivity contribution in [2.24, 2.45) is 7.05 Å². The van der Waals surface area contributed by atoms with E-state index in [2.05, 4.69) is 20.8 Å². The van der Waals surface area contributed by atoms with Gasteiger partial charge in [0.15, 0.2) is 0 Å². The number of rotatable bonds is 5. The van der Waals surface area contributed by atoms with E-state index in [1.807, 2.05) is 0 Å². The van der Waals surface area contributed by atoms with Crippen LogP contribution in [0.5, 0.6) is 0 Å². The predicted octanol–water partition coefficient (Wildman–Crippen LogP) is 1.50. The number of aromatic nitrogens is 4. The molecule has 110 valence electrons. The summed E-state index contributed by atoms with van der Waals surface area (Å²) in [5, 5.41) is 24.8. The summed E-state index contributed by atoms with van der Waals surface area (Å²) >= 11 is 6.81. The topological polar surface area (TPSA) is 116 Å². The number of nitro benzene ring substituents is 1. The summed E-state index contributed by atoms with van der Waals surface area (Å²) in [5.74, 6) is -0.387. The average molecular weight is 329 g/mol. The van der Waals surface area contributed by atoms with E-state index in [0.29, 0.717) is 5.16 Å². The van der Waals surface area contributed by atoms with Crippen LogP contribution < -0.4 is 5.32 Å². The molecule has 1 aromatic heterocycles. The Hall–Kier alpha value is -2.20. The molecule has 0 aliphatic rings. The van der Waals surface area contributed by atoms with E-state index in [1.165, 1.54) is 22.9 Å². The van der Waals surface area contributed by atoms with Crippen molar-refractivity contribution >= 4 is 40.6 Å². The highest BCUT2D eigenvalue weighted by molar-refractivity contribution is 7.99. The number of nitro groups is 1. The Morgan fingerprint density at radius 2 is 2.33 bits per heavy atom. The van der Waals surface area contributed by atoms with Crippen molar-refractivity contribution in [1.29, 1.82) is 0 Å². The van der Waals surface area contributed by atoms with Crippen LogP contribution in [0.1, 0.15) is 0 Å². The van der Waals surface area contributed by atoms with Crippen molar-refractivity contribution in [3.8, 4) is 0 Å². The van der Waals surface area contributed by atoms with Crippen LogP contribution in [0.4, 0.5) is 11.4 Å². The number of hydrogen-bond donors (Lipinski definition) is 1. The molecule has 1 N–H and O–H groups in total. The van der Waals surface area contributed by atoms with Gasteiger partial charge in [-0.15, -0.1) is 5.10 Å². The number of hydrogen-bond acceptors (Lipinski definition) is 7. The standard InChI is InChI=1S/C10H9ClN6O3S/c1-16-10(13-14-15-16)21-5-9(18)12-7-3-2-6(11)4-8(7)17(19)20/h2-4H,5H2,1H3,(H,12,18). The number of anilines is 1. The molecule has 1 amide bonds. The molecule has 0 bridgehead atoms. The molecule has 21 heavy (non-hydrogen) atoms. The first-order valence-corrected chi connectivity index (χ1v) is 6.92. The summed E-state index contributed by atoms with van der Waals surface area (Å²) in [4.78, 5) is 22.1. The quantitative estimate of drug-likeness (QED) is 0.502. The van der Waals surface area contributed by atoms with Gasteiger partial charge in [0.05, 0.1) is 10.7 Å². The lowest BCUT2D eigenvalue weighted by atomic mass is 10.2. The van der Waals surface area contributed by atoms with Gasteiger partial charge in [-0.3, -0.25) is 14.9 Å². The van der Waals surface area contributed by atoms with Gasteiger partial charge in [0.1, 0.15) is 5.69 Å². The van der Waals surface area contributed by atoms with E-state index >= 15 is 0 Å². The van der Waals surface area contributed by atoms with Gasteiger partial charge in [-0.25, -0.2) is 4.68 Å². The van der Waals surface area contributed by atoms with Crippen LogP contribution >= 0.6 is 23.4 Å². The maximum Gasteiger partial charge on any atom is 0.294 e. The molecule has 0 aliphatic carbocycles. The SMILES string of the molecule is Cn1nnnc1SCC(=O)Nc1ccc(Cl)cc1[N+](=O)[O-]. The van der Waals surface area contributed by atoms with E-state index in [-0.39, 0.29) is 22.2 Å². The van der Waals surface area contributed by atoms with Gasteiger partial charge in [-0.1, -0.05) is 23.4 Å². The van der Waals surface area contributed by atoms with E-state index in [1.54, 1.807) is 7.05 Å². The molecule has 11 heteroatoms. The van der Waals surface area contributed by atoms with Crippen LogP contribution in [0.15, 0.2) is 23.4 Å². The Balaban J connectivity index is 2.03. The van der Waals surface area contributed by atoms with E-state index in [4.69, 9.17) is 11.6 Å². The second-order valence-electron chi connectivity index (χ2n) is 3.84. The number of halogens is 1. The Labute approximate surface area is 127 Å². The second-order valence-corrected chi connectivity index (χ2v) is 5.22. The molecular weight excluding hydrogens is 320 g/mol. The third-order valence-electron chi connectivity index (χ3n) is 2.34. The van der Waals surface area contributed by atoms with Crippen molar-refractivity contribution in [2.45, 2.75) is 5.16 Å². The molecular formula is C10H9ClN6O3S.